The molecule has 0 unspecified atom stereocenters. The number of nitrogens with zero attached hydrogens (tertiary/aromatic N) is 1. The second-order valence-corrected chi connectivity index (χ2v) is 10.5. The zero-order valence-electron chi connectivity index (χ0n) is 21.9. The van der Waals surface area contributed by atoms with Gasteiger partial charge in [-0.1, -0.05) is 46.3 Å². The molecule has 0 radical (unpaired) electrons. The molecule has 0 spiro atoms. The first-order valence-corrected chi connectivity index (χ1v) is 14.2. The van der Waals surface area contributed by atoms with E-state index in [-0.39, 0.29) is 11.8 Å². The number of rotatable bonds is 11. The first-order valence-electron chi connectivity index (χ1n) is 13.4. The fourth-order valence-corrected chi connectivity index (χ4v) is 5.08. The third-order valence-electron chi connectivity index (χ3n) is 6.88. The summed E-state index contributed by atoms with van der Waals surface area (Å²) in [6, 6.07) is 23.5. The fraction of sp³-hybridized carbons (Fsp3) is 0.355. The van der Waals surface area contributed by atoms with Crippen molar-refractivity contribution in [2.45, 2.75) is 32.6 Å². The lowest BCUT2D eigenvalue weighted by Gasteiger charge is -2.35. The maximum atomic E-state index is 13.3. The molecule has 1 heterocycles. The Kier molecular flexibility index (Phi) is 10.4. The second-order valence-electron chi connectivity index (χ2n) is 9.62. The number of carbonyl (C=O) groups is 2. The molecule has 1 fully saturated rings. The number of piperidine rings is 1. The van der Waals surface area contributed by atoms with E-state index in [1.54, 1.807) is 18.2 Å². The van der Waals surface area contributed by atoms with Crippen molar-refractivity contribution < 1.29 is 14.3 Å². The van der Waals surface area contributed by atoms with Gasteiger partial charge in [-0.25, -0.2) is 0 Å². The highest BCUT2D eigenvalue weighted by Gasteiger charge is 2.24. The maximum absolute atomic E-state index is 13.3. The number of anilines is 2. The van der Waals surface area contributed by atoms with Crippen molar-refractivity contribution in [3.63, 3.8) is 0 Å². The van der Waals surface area contributed by atoms with Gasteiger partial charge in [0, 0.05) is 54.3 Å². The Balaban J connectivity index is 1.46. The highest BCUT2D eigenvalue weighted by molar-refractivity contribution is 9.10. The Bertz CT molecular complexity index is 1190. The van der Waals surface area contributed by atoms with E-state index in [1.807, 2.05) is 31.2 Å². The molecular weight excluding hydrogens is 542 g/mol. The molecule has 6 nitrogen and oxygen atoms in total. The van der Waals surface area contributed by atoms with Gasteiger partial charge in [-0.2, -0.15) is 0 Å². The number of halogens is 1. The topological polar surface area (TPSA) is 70.7 Å². The quantitative estimate of drug-likeness (QED) is 0.262. The zero-order chi connectivity index (χ0) is 26.7. The number of amides is 2. The number of hydrogen-bond acceptors (Lipinski definition) is 4. The van der Waals surface area contributed by atoms with E-state index in [2.05, 4.69) is 61.8 Å². The van der Waals surface area contributed by atoms with Crippen LogP contribution in [0.4, 0.5) is 11.4 Å². The SMILES string of the molecule is CCOCCCNC(=O)c1cc(NC(=O)c2ccc(Br)cc2)ccc1N1CCC(Cc2ccccc2)CC1. The van der Waals surface area contributed by atoms with Crippen LogP contribution < -0.4 is 15.5 Å². The van der Waals surface area contributed by atoms with Crippen LogP contribution in [-0.2, 0) is 11.2 Å². The van der Waals surface area contributed by atoms with Gasteiger partial charge in [-0.15, -0.1) is 0 Å². The van der Waals surface area contributed by atoms with Crippen LogP contribution in [0.3, 0.4) is 0 Å². The van der Waals surface area contributed by atoms with Crippen LogP contribution in [0.1, 0.15) is 52.5 Å². The molecule has 4 rings (SSSR count). The minimum absolute atomic E-state index is 0.136. The first kappa shape index (κ1) is 27.9. The lowest BCUT2D eigenvalue weighted by Crippen LogP contribution is -2.36. The first-order chi connectivity index (χ1) is 18.5. The summed E-state index contributed by atoms with van der Waals surface area (Å²) >= 11 is 3.40. The highest BCUT2D eigenvalue weighted by atomic mass is 79.9. The Labute approximate surface area is 233 Å². The molecule has 1 saturated heterocycles. The van der Waals surface area contributed by atoms with Crippen LogP contribution in [0.2, 0.25) is 0 Å². The lowest BCUT2D eigenvalue weighted by atomic mass is 9.89. The van der Waals surface area contributed by atoms with E-state index in [0.29, 0.717) is 42.5 Å². The monoisotopic (exact) mass is 577 g/mol. The summed E-state index contributed by atoms with van der Waals surface area (Å²) in [5, 5.41) is 5.98. The average molecular weight is 579 g/mol. The minimum Gasteiger partial charge on any atom is -0.382 e. The van der Waals surface area contributed by atoms with Crippen molar-refractivity contribution >= 4 is 39.1 Å². The van der Waals surface area contributed by atoms with Crippen molar-refractivity contribution in [3.8, 4) is 0 Å². The Morgan fingerprint density at radius 2 is 1.71 bits per heavy atom. The zero-order valence-corrected chi connectivity index (χ0v) is 23.5. The predicted octanol–water partition coefficient (Wildman–Crippen LogP) is 6.32. The normalized spacial score (nSPS) is 13.8. The van der Waals surface area contributed by atoms with Crippen molar-refractivity contribution in [1.82, 2.24) is 5.32 Å². The Morgan fingerprint density at radius 1 is 0.974 bits per heavy atom. The molecule has 0 bridgehead atoms. The van der Waals surface area contributed by atoms with E-state index >= 15 is 0 Å². The van der Waals surface area contributed by atoms with Gasteiger partial charge in [-0.05, 0) is 86.6 Å². The average Bonchev–Trinajstić information content (AvgIpc) is 2.94. The molecule has 38 heavy (non-hydrogen) atoms. The van der Waals surface area contributed by atoms with Gasteiger partial charge in [0.25, 0.3) is 11.8 Å². The van der Waals surface area contributed by atoms with Gasteiger partial charge in [-0.3, -0.25) is 9.59 Å². The molecule has 1 aliphatic rings. The van der Waals surface area contributed by atoms with Crippen LogP contribution in [0.5, 0.6) is 0 Å². The van der Waals surface area contributed by atoms with Crippen molar-refractivity contribution in [2.75, 3.05) is 43.1 Å². The van der Waals surface area contributed by atoms with Gasteiger partial charge < -0.3 is 20.3 Å². The number of benzene rings is 3. The summed E-state index contributed by atoms with van der Waals surface area (Å²) in [5.41, 5.74) is 4.02. The minimum atomic E-state index is -0.213. The van der Waals surface area contributed by atoms with Crippen LogP contribution in [0.25, 0.3) is 0 Å². The molecular formula is C31H36BrN3O3. The number of nitrogens with one attached hydrogen (secondary N) is 2. The summed E-state index contributed by atoms with van der Waals surface area (Å²) in [5.74, 6) is 0.284. The number of hydrogen-bond donors (Lipinski definition) is 2. The molecule has 0 aliphatic carbocycles. The maximum Gasteiger partial charge on any atom is 0.255 e. The lowest BCUT2D eigenvalue weighted by molar-refractivity contribution is 0.0943. The van der Waals surface area contributed by atoms with Gasteiger partial charge in [0.05, 0.1) is 5.56 Å². The smallest absolute Gasteiger partial charge is 0.255 e. The summed E-state index contributed by atoms with van der Waals surface area (Å²) in [6.07, 6.45) is 3.99. The van der Waals surface area contributed by atoms with Gasteiger partial charge in [0.1, 0.15) is 0 Å². The van der Waals surface area contributed by atoms with Gasteiger partial charge in [0.15, 0.2) is 0 Å². The van der Waals surface area contributed by atoms with Crippen LogP contribution in [-0.4, -0.2) is 44.7 Å². The van der Waals surface area contributed by atoms with Crippen LogP contribution >= 0.6 is 15.9 Å². The van der Waals surface area contributed by atoms with Crippen molar-refractivity contribution in [2.24, 2.45) is 5.92 Å². The Morgan fingerprint density at radius 3 is 2.42 bits per heavy atom. The van der Waals surface area contributed by atoms with Gasteiger partial charge >= 0.3 is 0 Å². The third kappa shape index (κ3) is 7.92. The number of ether oxygens (including phenoxy) is 1. The summed E-state index contributed by atoms with van der Waals surface area (Å²) in [6.45, 7) is 5.56. The van der Waals surface area contributed by atoms with Gasteiger partial charge in [0.2, 0.25) is 0 Å². The highest BCUT2D eigenvalue weighted by Crippen LogP contribution is 2.30. The molecule has 2 N–H and O–H groups in total. The molecule has 2 amide bonds. The molecule has 0 saturated carbocycles. The molecule has 0 aromatic heterocycles. The largest absolute Gasteiger partial charge is 0.382 e. The van der Waals surface area contributed by atoms with E-state index in [1.165, 1.54) is 5.56 Å². The van der Waals surface area contributed by atoms with E-state index in [0.717, 1.165) is 48.9 Å². The fourth-order valence-electron chi connectivity index (χ4n) is 4.82. The van der Waals surface area contributed by atoms with Crippen LogP contribution in [0.15, 0.2) is 77.3 Å². The Hall–Kier alpha value is -3.16. The van der Waals surface area contributed by atoms with E-state index in [9.17, 15) is 9.59 Å². The summed E-state index contributed by atoms with van der Waals surface area (Å²) in [7, 11) is 0. The molecule has 7 heteroatoms. The standard InChI is InChI=1S/C31H36BrN3O3/c1-2-38-20-6-17-33-31(37)28-22-27(34-30(36)25-9-11-26(32)12-10-25)13-14-29(28)35-18-15-24(16-19-35)21-23-7-4-3-5-8-23/h3-5,7-14,22,24H,2,6,15-21H2,1H3,(H,33,37)(H,34,36). The molecule has 0 atom stereocenters. The second kappa shape index (κ2) is 14.1. The van der Waals surface area contributed by atoms with E-state index in [4.69, 9.17) is 4.74 Å². The molecule has 200 valence electrons. The number of carbonyl (C=O) groups excluding carboxylic acids is 2. The molecule has 3 aromatic rings. The van der Waals surface area contributed by atoms with Crippen LogP contribution in [0, 0.1) is 5.92 Å². The summed E-state index contributed by atoms with van der Waals surface area (Å²) < 4.78 is 6.31. The van der Waals surface area contributed by atoms with Crippen molar-refractivity contribution in [3.05, 3.63) is 94.0 Å². The summed E-state index contributed by atoms with van der Waals surface area (Å²) in [4.78, 5) is 28.4. The van der Waals surface area contributed by atoms with E-state index < -0.39 is 0 Å². The molecule has 3 aromatic carbocycles. The predicted molar refractivity (Wildman–Crippen MR) is 157 cm³/mol. The third-order valence-corrected chi connectivity index (χ3v) is 7.41. The molecule has 1 aliphatic heterocycles. The van der Waals surface area contributed by atoms with Crippen molar-refractivity contribution in [1.29, 1.82) is 0 Å².